The first kappa shape index (κ1) is 21.2. The molecule has 0 radical (unpaired) electrons. The van der Waals surface area contributed by atoms with Crippen LogP contribution in [0.4, 0.5) is 24.1 Å². The van der Waals surface area contributed by atoms with E-state index in [-0.39, 0.29) is 24.4 Å². The van der Waals surface area contributed by atoms with Crippen molar-refractivity contribution in [2.45, 2.75) is 32.1 Å². The number of likely N-dealkylation sites (tertiary alicyclic amines) is 1. The van der Waals surface area contributed by atoms with Crippen LogP contribution in [0.3, 0.4) is 0 Å². The summed E-state index contributed by atoms with van der Waals surface area (Å²) in [5, 5.41) is 4.07. The Bertz CT molecular complexity index is 1120. The lowest BCUT2D eigenvalue weighted by atomic mass is 10.0. The Balaban J connectivity index is 1.63. The van der Waals surface area contributed by atoms with Gasteiger partial charge in [-0.2, -0.15) is 18.2 Å². The zero-order valence-corrected chi connectivity index (χ0v) is 17.5. The zero-order valence-electron chi connectivity index (χ0n) is 16.6. The van der Waals surface area contributed by atoms with Gasteiger partial charge in [0.15, 0.2) is 5.13 Å². The van der Waals surface area contributed by atoms with Crippen LogP contribution in [-0.2, 0) is 11.3 Å². The molecule has 0 saturated carbocycles. The number of carbonyl (C=O) groups excluding carboxylic acids is 1. The van der Waals surface area contributed by atoms with Gasteiger partial charge in [0.2, 0.25) is 11.8 Å². The SMILES string of the molecule is C=CC(=O)N1CC[C@@H]1COc1nc(Nc2ncc(C)s2)cc2c1ccn2CC(F)(F)F. The molecule has 1 aliphatic heterocycles. The molecule has 1 N–H and O–H groups in total. The van der Waals surface area contributed by atoms with Gasteiger partial charge in [-0.1, -0.05) is 6.58 Å². The molecule has 3 aromatic rings. The summed E-state index contributed by atoms with van der Waals surface area (Å²) in [4.78, 5) is 23.1. The normalized spacial score (nSPS) is 16.3. The molecule has 1 aliphatic rings. The summed E-state index contributed by atoms with van der Waals surface area (Å²) in [6.45, 7) is 5.07. The second kappa shape index (κ2) is 8.22. The summed E-state index contributed by atoms with van der Waals surface area (Å²) in [6.07, 6.45) is 0.709. The maximum Gasteiger partial charge on any atom is 0.406 e. The van der Waals surface area contributed by atoms with Crippen molar-refractivity contribution < 1.29 is 22.7 Å². The van der Waals surface area contributed by atoms with E-state index < -0.39 is 12.7 Å². The topological polar surface area (TPSA) is 72.3 Å². The Morgan fingerprint density at radius 1 is 1.48 bits per heavy atom. The molecule has 0 spiro atoms. The van der Waals surface area contributed by atoms with Crippen molar-refractivity contribution >= 4 is 39.1 Å². The molecule has 0 bridgehead atoms. The molecule has 4 heterocycles. The molecule has 0 aliphatic carbocycles. The van der Waals surface area contributed by atoms with Gasteiger partial charge in [0, 0.05) is 29.9 Å². The Labute approximate surface area is 180 Å². The number of aryl methyl sites for hydroxylation is 1. The summed E-state index contributed by atoms with van der Waals surface area (Å²) in [5.74, 6) is 0.350. The fourth-order valence-electron chi connectivity index (χ4n) is 3.38. The second-order valence-electron chi connectivity index (χ2n) is 7.19. The Morgan fingerprint density at radius 2 is 2.29 bits per heavy atom. The summed E-state index contributed by atoms with van der Waals surface area (Å²) in [5.41, 5.74) is 0.339. The lowest BCUT2D eigenvalue weighted by Gasteiger charge is -2.39. The van der Waals surface area contributed by atoms with Gasteiger partial charge < -0.3 is 19.5 Å². The number of thiazole rings is 1. The van der Waals surface area contributed by atoms with Crippen molar-refractivity contribution in [2.75, 3.05) is 18.5 Å². The molecule has 0 unspecified atom stereocenters. The van der Waals surface area contributed by atoms with E-state index in [1.165, 1.54) is 23.6 Å². The molecule has 3 aromatic heterocycles. The number of aromatic nitrogens is 3. The highest BCUT2D eigenvalue weighted by atomic mass is 32.1. The van der Waals surface area contributed by atoms with Crippen LogP contribution < -0.4 is 10.1 Å². The van der Waals surface area contributed by atoms with Crippen LogP contribution in [0.5, 0.6) is 5.88 Å². The standard InChI is InChI=1S/C20H20F3N5O2S/c1-3-17(29)28-7-4-13(28)10-30-18-14-5-6-27(11-20(21,22)23)15(14)8-16(25-18)26-19-24-9-12(2)31-19/h3,5-6,8-9,13H,1,4,7,10-11H2,2H3,(H,24,25,26)/t13-/m1/s1. The molecular formula is C20H20F3N5O2S. The van der Waals surface area contributed by atoms with E-state index in [1.54, 1.807) is 23.2 Å². The monoisotopic (exact) mass is 451 g/mol. The van der Waals surface area contributed by atoms with E-state index in [0.29, 0.717) is 28.4 Å². The average molecular weight is 451 g/mol. The minimum Gasteiger partial charge on any atom is -0.475 e. The molecule has 1 saturated heterocycles. The highest BCUT2D eigenvalue weighted by Crippen LogP contribution is 2.32. The number of carbonyl (C=O) groups is 1. The van der Waals surface area contributed by atoms with Gasteiger partial charge in [-0.25, -0.2) is 4.98 Å². The van der Waals surface area contributed by atoms with Crippen LogP contribution in [0.15, 0.2) is 37.2 Å². The van der Waals surface area contributed by atoms with Crippen molar-refractivity contribution in [3.63, 3.8) is 0 Å². The van der Waals surface area contributed by atoms with E-state index >= 15 is 0 Å². The Kier molecular flexibility index (Phi) is 5.61. The number of ether oxygens (including phenoxy) is 1. The molecule has 11 heteroatoms. The lowest BCUT2D eigenvalue weighted by molar-refractivity contribution is -0.140. The van der Waals surface area contributed by atoms with E-state index in [4.69, 9.17) is 4.74 Å². The van der Waals surface area contributed by atoms with Gasteiger partial charge in [0.05, 0.1) is 16.9 Å². The molecular weight excluding hydrogens is 431 g/mol. The zero-order chi connectivity index (χ0) is 22.2. The number of halogens is 3. The second-order valence-corrected chi connectivity index (χ2v) is 8.43. The highest BCUT2D eigenvalue weighted by Gasteiger charge is 2.32. The predicted octanol–water partition coefficient (Wildman–Crippen LogP) is 4.27. The van der Waals surface area contributed by atoms with Crippen LogP contribution in [0.2, 0.25) is 0 Å². The number of hydrogen-bond acceptors (Lipinski definition) is 6. The minimum atomic E-state index is -4.37. The van der Waals surface area contributed by atoms with Gasteiger partial charge in [-0.3, -0.25) is 4.79 Å². The van der Waals surface area contributed by atoms with Gasteiger partial charge in [-0.05, 0) is 25.5 Å². The molecule has 7 nitrogen and oxygen atoms in total. The van der Waals surface area contributed by atoms with E-state index in [1.807, 2.05) is 6.92 Å². The number of anilines is 2. The number of pyridine rings is 1. The van der Waals surface area contributed by atoms with Crippen LogP contribution >= 0.6 is 11.3 Å². The first-order valence-electron chi connectivity index (χ1n) is 9.55. The number of rotatable bonds is 7. The van der Waals surface area contributed by atoms with Crippen LogP contribution in [0.25, 0.3) is 10.9 Å². The molecule has 1 fully saturated rings. The molecule has 1 amide bonds. The van der Waals surface area contributed by atoms with Gasteiger partial charge in [-0.15, -0.1) is 11.3 Å². The Morgan fingerprint density at radius 3 is 2.90 bits per heavy atom. The van der Waals surface area contributed by atoms with E-state index in [0.717, 1.165) is 15.9 Å². The van der Waals surface area contributed by atoms with Crippen molar-refractivity contribution in [2.24, 2.45) is 0 Å². The number of nitrogens with one attached hydrogen (secondary N) is 1. The van der Waals surface area contributed by atoms with Gasteiger partial charge in [0.25, 0.3) is 0 Å². The third-order valence-electron chi connectivity index (χ3n) is 4.95. The van der Waals surface area contributed by atoms with Crippen LogP contribution in [0, 0.1) is 6.92 Å². The van der Waals surface area contributed by atoms with E-state index in [2.05, 4.69) is 21.9 Å². The fraction of sp³-hybridized carbons (Fsp3) is 0.350. The number of fused-ring (bicyclic) bond motifs is 1. The van der Waals surface area contributed by atoms with Gasteiger partial charge in [0.1, 0.15) is 19.0 Å². The van der Waals surface area contributed by atoms with Crippen molar-refractivity contribution in [1.29, 1.82) is 0 Å². The van der Waals surface area contributed by atoms with Crippen molar-refractivity contribution in [3.8, 4) is 5.88 Å². The summed E-state index contributed by atoms with van der Waals surface area (Å²) in [7, 11) is 0. The molecule has 1 atom stereocenters. The quantitative estimate of drug-likeness (QED) is 0.543. The van der Waals surface area contributed by atoms with Crippen molar-refractivity contribution in [3.05, 3.63) is 42.1 Å². The first-order valence-corrected chi connectivity index (χ1v) is 10.4. The lowest BCUT2D eigenvalue weighted by Crippen LogP contribution is -2.53. The summed E-state index contributed by atoms with van der Waals surface area (Å²) >= 11 is 1.40. The van der Waals surface area contributed by atoms with E-state index in [9.17, 15) is 18.0 Å². The number of amides is 1. The van der Waals surface area contributed by atoms with Crippen LogP contribution in [0.1, 0.15) is 11.3 Å². The molecule has 164 valence electrons. The average Bonchev–Trinajstić information content (AvgIpc) is 3.26. The van der Waals surface area contributed by atoms with Crippen molar-refractivity contribution in [1.82, 2.24) is 19.4 Å². The molecule has 31 heavy (non-hydrogen) atoms. The molecule has 0 aromatic carbocycles. The van der Waals surface area contributed by atoms with Crippen LogP contribution in [-0.4, -0.2) is 50.7 Å². The maximum atomic E-state index is 13.0. The largest absolute Gasteiger partial charge is 0.475 e. The predicted molar refractivity (Wildman–Crippen MR) is 112 cm³/mol. The Hall–Kier alpha value is -3.08. The number of nitrogens with zero attached hydrogens (tertiary/aromatic N) is 4. The first-order chi connectivity index (χ1) is 14.7. The third kappa shape index (κ3) is 4.66. The van der Waals surface area contributed by atoms with Gasteiger partial charge >= 0.3 is 6.18 Å². The summed E-state index contributed by atoms with van der Waals surface area (Å²) < 4.78 is 46.1. The fourth-order valence-corrected chi connectivity index (χ4v) is 4.05. The third-order valence-corrected chi connectivity index (χ3v) is 5.78. The number of alkyl halides is 3. The highest BCUT2D eigenvalue weighted by molar-refractivity contribution is 7.15. The minimum absolute atomic E-state index is 0.127. The number of hydrogen-bond donors (Lipinski definition) is 1. The smallest absolute Gasteiger partial charge is 0.406 e. The summed E-state index contributed by atoms with van der Waals surface area (Å²) in [6, 6.07) is 2.97. The maximum absolute atomic E-state index is 13.0. The molecule has 4 rings (SSSR count).